The van der Waals surface area contributed by atoms with E-state index in [-0.39, 0.29) is 23.3 Å². The van der Waals surface area contributed by atoms with Crippen molar-refractivity contribution < 1.29 is 9.72 Å². The van der Waals surface area contributed by atoms with E-state index in [1.54, 1.807) is 11.0 Å². The van der Waals surface area contributed by atoms with E-state index in [0.29, 0.717) is 30.5 Å². The first kappa shape index (κ1) is 15.7. The highest BCUT2D eigenvalue weighted by atomic mass is 16.6. The Labute approximate surface area is 143 Å². The number of amides is 1. The van der Waals surface area contributed by atoms with Crippen molar-refractivity contribution in [1.82, 2.24) is 19.7 Å². The third-order valence-electron chi connectivity index (χ3n) is 5.28. The first-order valence-corrected chi connectivity index (χ1v) is 8.23. The lowest BCUT2D eigenvalue weighted by Gasteiger charge is -2.19. The first-order valence-electron chi connectivity index (χ1n) is 8.23. The van der Waals surface area contributed by atoms with Crippen LogP contribution in [0.4, 0.5) is 5.69 Å². The molecule has 1 aromatic carbocycles. The lowest BCUT2D eigenvalue weighted by molar-refractivity contribution is -0.384. The molecule has 25 heavy (non-hydrogen) atoms. The summed E-state index contributed by atoms with van der Waals surface area (Å²) in [6.45, 7) is 1.30. The fraction of sp³-hybridized carbons (Fsp3) is 0.438. The third-order valence-corrected chi connectivity index (χ3v) is 5.28. The maximum Gasteiger partial charge on any atom is 0.295 e. The number of carbonyl (C=O) groups excluding carboxylic acids is 1. The Morgan fingerprint density at radius 1 is 1.32 bits per heavy atom. The number of nitro benzene ring substituents is 1. The molecule has 1 saturated carbocycles. The van der Waals surface area contributed by atoms with Crippen LogP contribution in [0.15, 0.2) is 30.9 Å². The maximum absolute atomic E-state index is 12.8. The molecule has 130 valence electrons. The third kappa shape index (κ3) is 2.66. The summed E-state index contributed by atoms with van der Waals surface area (Å²) in [5.74, 6) is 0.603. The minimum atomic E-state index is -0.511. The van der Waals surface area contributed by atoms with Crippen LogP contribution in [0.25, 0.3) is 5.69 Å². The van der Waals surface area contributed by atoms with Gasteiger partial charge in [0, 0.05) is 30.8 Å². The van der Waals surface area contributed by atoms with Crippen molar-refractivity contribution in [3.05, 3.63) is 46.5 Å². The van der Waals surface area contributed by atoms with Gasteiger partial charge in [-0.2, -0.15) is 5.10 Å². The molecule has 9 nitrogen and oxygen atoms in total. The van der Waals surface area contributed by atoms with Gasteiger partial charge in [-0.15, -0.1) is 0 Å². The number of nitrogens with zero attached hydrogens (tertiary/aromatic N) is 5. The smallest absolute Gasteiger partial charge is 0.295 e. The minimum Gasteiger partial charge on any atom is -0.338 e. The van der Waals surface area contributed by atoms with E-state index in [9.17, 15) is 14.9 Å². The van der Waals surface area contributed by atoms with Gasteiger partial charge in [0.25, 0.3) is 11.6 Å². The molecule has 1 aromatic heterocycles. The van der Waals surface area contributed by atoms with Crippen molar-refractivity contribution >= 4 is 11.6 Å². The summed E-state index contributed by atoms with van der Waals surface area (Å²) in [6, 6.07) is 4.59. The standard InChI is InChI=1S/C16H18N6O3/c17-13-3-1-11-6-20(7-12(11)13)16(23)10-2-4-14(15(5-10)22(24)25)21-9-18-8-19-21/h2,4-5,8-9,11-13H,1,3,6-7,17H2. The quantitative estimate of drug-likeness (QED) is 0.656. The van der Waals surface area contributed by atoms with Crippen LogP contribution < -0.4 is 5.73 Å². The molecular weight excluding hydrogens is 324 g/mol. The fourth-order valence-corrected chi connectivity index (χ4v) is 3.98. The van der Waals surface area contributed by atoms with E-state index < -0.39 is 4.92 Å². The molecule has 1 aliphatic heterocycles. The molecule has 2 N–H and O–H groups in total. The Morgan fingerprint density at radius 3 is 2.84 bits per heavy atom. The van der Waals surface area contributed by atoms with Gasteiger partial charge < -0.3 is 10.6 Å². The van der Waals surface area contributed by atoms with E-state index in [1.165, 1.54) is 29.5 Å². The fourth-order valence-electron chi connectivity index (χ4n) is 3.98. The van der Waals surface area contributed by atoms with Crippen molar-refractivity contribution in [3.63, 3.8) is 0 Å². The Balaban J connectivity index is 1.62. The molecule has 2 aromatic rings. The highest BCUT2D eigenvalue weighted by Crippen LogP contribution is 2.37. The average Bonchev–Trinajstić information content (AvgIpc) is 3.32. The van der Waals surface area contributed by atoms with Gasteiger partial charge in [-0.1, -0.05) is 0 Å². The molecule has 4 rings (SSSR count). The largest absolute Gasteiger partial charge is 0.338 e. The van der Waals surface area contributed by atoms with Crippen LogP contribution in [0.5, 0.6) is 0 Å². The Hall–Kier alpha value is -2.81. The molecule has 0 spiro atoms. The molecule has 1 saturated heterocycles. The van der Waals surface area contributed by atoms with Gasteiger partial charge in [-0.05, 0) is 36.8 Å². The van der Waals surface area contributed by atoms with Gasteiger partial charge in [0.2, 0.25) is 0 Å². The molecular formula is C16H18N6O3. The van der Waals surface area contributed by atoms with Gasteiger partial charge in [0.15, 0.2) is 0 Å². The summed E-state index contributed by atoms with van der Waals surface area (Å²) < 4.78 is 1.31. The average molecular weight is 342 g/mol. The van der Waals surface area contributed by atoms with E-state index in [1.807, 2.05) is 0 Å². The molecule has 3 unspecified atom stereocenters. The molecule has 9 heteroatoms. The highest BCUT2D eigenvalue weighted by molar-refractivity contribution is 5.95. The summed E-state index contributed by atoms with van der Waals surface area (Å²) in [5, 5.41) is 15.3. The summed E-state index contributed by atoms with van der Waals surface area (Å²) in [4.78, 5) is 29.3. The monoisotopic (exact) mass is 342 g/mol. The number of rotatable bonds is 3. The van der Waals surface area contributed by atoms with Crippen LogP contribution in [0, 0.1) is 22.0 Å². The van der Waals surface area contributed by atoms with E-state index in [4.69, 9.17) is 5.73 Å². The molecule has 1 amide bonds. The first-order chi connectivity index (χ1) is 12.0. The van der Waals surface area contributed by atoms with Crippen molar-refractivity contribution in [2.45, 2.75) is 18.9 Å². The second kappa shape index (κ2) is 5.92. The zero-order chi connectivity index (χ0) is 17.6. The van der Waals surface area contributed by atoms with Gasteiger partial charge in [-0.3, -0.25) is 14.9 Å². The van der Waals surface area contributed by atoms with Gasteiger partial charge in [0.05, 0.1) is 4.92 Å². The molecule has 0 radical (unpaired) electrons. The zero-order valence-electron chi connectivity index (χ0n) is 13.5. The second-order valence-corrected chi connectivity index (χ2v) is 6.68. The van der Waals surface area contributed by atoms with Crippen molar-refractivity contribution in [2.75, 3.05) is 13.1 Å². The summed E-state index contributed by atoms with van der Waals surface area (Å²) in [7, 11) is 0. The number of carbonyl (C=O) groups is 1. The van der Waals surface area contributed by atoms with Gasteiger partial charge in [0.1, 0.15) is 18.3 Å². The lowest BCUT2D eigenvalue weighted by Crippen LogP contribution is -2.33. The molecule has 2 fully saturated rings. The number of hydrogen-bond acceptors (Lipinski definition) is 6. The normalized spacial score (nSPS) is 25.2. The van der Waals surface area contributed by atoms with Crippen molar-refractivity contribution in [1.29, 1.82) is 0 Å². The van der Waals surface area contributed by atoms with Crippen LogP contribution >= 0.6 is 0 Å². The van der Waals surface area contributed by atoms with Crippen LogP contribution in [-0.4, -0.2) is 49.6 Å². The number of nitro groups is 1. The molecule has 0 bridgehead atoms. The van der Waals surface area contributed by atoms with Gasteiger partial charge in [-0.25, -0.2) is 9.67 Å². The van der Waals surface area contributed by atoms with Crippen molar-refractivity contribution in [2.24, 2.45) is 17.6 Å². The maximum atomic E-state index is 12.8. The zero-order valence-corrected chi connectivity index (χ0v) is 13.5. The molecule has 3 atom stereocenters. The van der Waals surface area contributed by atoms with Crippen LogP contribution in [0.2, 0.25) is 0 Å². The second-order valence-electron chi connectivity index (χ2n) is 6.68. The Bertz CT molecular complexity index is 821. The van der Waals surface area contributed by atoms with Crippen LogP contribution in [0.1, 0.15) is 23.2 Å². The number of benzene rings is 1. The molecule has 1 aliphatic carbocycles. The van der Waals surface area contributed by atoms with Crippen LogP contribution in [-0.2, 0) is 0 Å². The van der Waals surface area contributed by atoms with Crippen molar-refractivity contribution in [3.8, 4) is 5.69 Å². The number of hydrogen-bond donors (Lipinski definition) is 1. The van der Waals surface area contributed by atoms with E-state index >= 15 is 0 Å². The molecule has 2 heterocycles. The Morgan fingerprint density at radius 2 is 2.16 bits per heavy atom. The molecule has 2 aliphatic rings. The topological polar surface area (TPSA) is 120 Å². The summed E-state index contributed by atoms with van der Waals surface area (Å²) >= 11 is 0. The van der Waals surface area contributed by atoms with Crippen LogP contribution in [0.3, 0.4) is 0 Å². The number of aromatic nitrogens is 3. The minimum absolute atomic E-state index is 0.145. The van der Waals surface area contributed by atoms with E-state index in [2.05, 4.69) is 10.1 Å². The van der Waals surface area contributed by atoms with Gasteiger partial charge >= 0.3 is 0 Å². The number of nitrogens with two attached hydrogens (primary N) is 1. The SMILES string of the molecule is NC1CCC2CN(C(=O)c3ccc(-n4cncn4)c([N+](=O)[O-])c3)CC12. The van der Waals surface area contributed by atoms with E-state index in [0.717, 1.165) is 12.8 Å². The predicted octanol–water partition coefficient (Wildman–Crippen LogP) is 0.985. The summed E-state index contributed by atoms with van der Waals surface area (Å²) in [6.07, 6.45) is 4.73. The number of likely N-dealkylation sites (tertiary alicyclic amines) is 1. The number of fused-ring (bicyclic) bond motifs is 1. The summed E-state index contributed by atoms with van der Waals surface area (Å²) in [5.41, 5.74) is 6.53. The Kier molecular flexibility index (Phi) is 3.72. The highest BCUT2D eigenvalue weighted by Gasteiger charge is 2.42. The lowest BCUT2D eigenvalue weighted by atomic mass is 9.98. The predicted molar refractivity (Wildman–Crippen MR) is 88.1 cm³/mol.